The van der Waals surface area contributed by atoms with Crippen LogP contribution in [0.5, 0.6) is 0 Å². The van der Waals surface area contributed by atoms with E-state index in [4.69, 9.17) is 33.6 Å². The number of rotatable bonds is 4. The summed E-state index contributed by atoms with van der Waals surface area (Å²) in [5.74, 6) is 5.69. The Balaban J connectivity index is 2.19. The predicted molar refractivity (Wildman–Crippen MR) is 62.5 cm³/mol. The molecule has 1 heterocycles. The molecule has 0 fully saturated rings. The van der Waals surface area contributed by atoms with Crippen molar-refractivity contribution in [3.63, 3.8) is 0 Å². The highest BCUT2D eigenvalue weighted by atomic mass is 35.5. The third-order valence-corrected chi connectivity index (χ3v) is 2.82. The maximum absolute atomic E-state index is 6.03. The molecule has 0 radical (unpaired) electrons. The van der Waals surface area contributed by atoms with Crippen LogP contribution < -0.4 is 5.90 Å². The molecular formula is C10H9Cl2N3O2. The predicted octanol–water partition coefficient (Wildman–Crippen LogP) is 2.36. The van der Waals surface area contributed by atoms with Gasteiger partial charge in [0.15, 0.2) is 5.82 Å². The second-order valence-corrected chi connectivity index (χ2v) is 4.11. The lowest BCUT2D eigenvalue weighted by Crippen LogP contribution is -1.99. The first-order valence-electron chi connectivity index (χ1n) is 4.76. The number of aromatic nitrogens is 2. The molecule has 0 unspecified atom stereocenters. The van der Waals surface area contributed by atoms with Gasteiger partial charge in [0.05, 0.1) is 0 Å². The zero-order valence-electron chi connectivity index (χ0n) is 8.69. The first kappa shape index (κ1) is 12.3. The van der Waals surface area contributed by atoms with Gasteiger partial charge < -0.3 is 4.52 Å². The molecule has 2 rings (SSSR count). The molecule has 0 spiro atoms. The van der Waals surface area contributed by atoms with Crippen LogP contribution in [0.1, 0.15) is 17.3 Å². The number of hydrogen-bond acceptors (Lipinski definition) is 5. The van der Waals surface area contributed by atoms with E-state index in [0.717, 1.165) is 5.56 Å². The molecule has 0 aliphatic rings. The van der Waals surface area contributed by atoms with Crippen LogP contribution in [0.2, 0.25) is 10.0 Å². The summed E-state index contributed by atoms with van der Waals surface area (Å²) >= 11 is 12.1. The van der Waals surface area contributed by atoms with Crippen molar-refractivity contribution in [3.05, 3.63) is 45.5 Å². The van der Waals surface area contributed by atoms with Crippen molar-refractivity contribution in [2.45, 2.75) is 13.0 Å². The molecule has 0 aliphatic carbocycles. The SMILES string of the molecule is NOCc1nc(Cc2c(Cl)cccc2Cl)no1. The van der Waals surface area contributed by atoms with Gasteiger partial charge in [-0.05, 0) is 17.7 Å². The Hall–Kier alpha value is -1.14. The minimum atomic E-state index is 0.0727. The summed E-state index contributed by atoms with van der Waals surface area (Å²) < 4.78 is 4.90. The molecule has 1 aromatic carbocycles. The van der Waals surface area contributed by atoms with E-state index in [0.29, 0.717) is 28.2 Å². The van der Waals surface area contributed by atoms with Crippen molar-refractivity contribution in [1.82, 2.24) is 10.1 Å². The summed E-state index contributed by atoms with van der Waals surface area (Å²) in [6.07, 6.45) is 0.395. The third kappa shape index (κ3) is 2.95. The topological polar surface area (TPSA) is 74.2 Å². The van der Waals surface area contributed by atoms with Crippen LogP contribution in [0.3, 0.4) is 0 Å². The van der Waals surface area contributed by atoms with Crippen LogP contribution in [-0.2, 0) is 17.9 Å². The number of nitrogens with two attached hydrogens (primary N) is 1. The normalized spacial score (nSPS) is 10.8. The molecule has 0 atom stereocenters. The van der Waals surface area contributed by atoms with Crippen LogP contribution in [0.15, 0.2) is 22.7 Å². The van der Waals surface area contributed by atoms with Crippen LogP contribution in [0.25, 0.3) is 0 Å². The maximum Gasteiger partial charge on any atom is 0.254 e. The molecule has 1 aromatic heterocycles. The lowest BCUT2D eigenvalue weighted by atomic mass is 10.1. The Morgan fingerprint density at radius 2 is 2.00 bits per heavy atom. The molecule has 0 amide bonds. The zero-order chi connectivity index (χ0) is 12.3. The first-order valence-corrected chi connectivity index (χ1v) is 5.52. The molecule has 0 saturated heterocycles. The van der Waals surface area contributed by atoms with E-state index in [2.05, 4.69) is 15.0 Å². The minimum absolute atomic E-state index is 0.0727. The smallest absolute Gasteiger partial charge is 0.254 e. The van der Waals surface area contributed by atoms with E-state index in [9.17, 15) is 0 Å². The van der Waals surface area contributed by atoms with E-state index in [-0.39, 0.29) is 6.61 Å². The van der Waals surface area contributed by atoms with Crippen LogP contribution in [-0.4, -0.2) is 10.1 Å². The van der Waals surface area contributed by atoms with Gasteiger partial charge in [0.1, 0.15) is 6.61 Å². The van der Waals surface area contributed by atoms with Gasteiger partial charge in [-0.2, -0.15) is 4.98 Å². The maximum atomic E-state index is 6.03. The molecule has 2 aromatic rings. The van der Waals surface area contributed by atoms with Gasteiger partial charge in [-0.1, -0.05) is 34.4 Å². The highest BCUT2D eigenvalue weighted by Gasteiger charge is 2.11. The lowest BCUT2D eigenvalue weighted by Gasteiger charge is -2.02. The minimum Gasteiger partial charge on any atom is -0.337 e. The van der Waals surface area contributed by atoms with Crippen molar-refractivity contribution >= 4 is 23.2 Å². The number of benzene rings is 1. The Labute approximate surface area is 107 Å². The van der Waals surface area contributed by atoms with Gasteiger partial charge in [0.2, 0.25) is 0 Å². The first-order chi connectivity index (χ1) is 8.20. The Morgan fingerprint density at radius 3 is 2.65 bits per heavy atom. The van der Waals surface area contributed by atoms with Gasteiger partial charge in [-0.3, -0.25) is 4.84 Å². The van der Waals surface area contributed by atoms with Gasteiger partial charge in [0.25, 0.3) is 5.89 Å². The largest absolute Gasteiger partial charge is 0.337 e. The number of hydrogen-bond donors (Lipinski definition) is 1. The molecule has 7 heteroatoms. The number of halogens is 2. The standard InChI is InChI=1S/C10H9Cl2N3O2/c11-7-2-1-3-8(12)6(7)4-9-14-10(5-16-13)17-15-9/h1-3H,4-5,13H2. The monoisotopic (exact) mass is 273 g/mol. The molecular weight excluding hydrogens is 265 g/mol. The zero-order valence-corrected chi connectivity index (χ0v) is 10.2. The molecule has 0 bridgehead atoms. The van der Waals surface area contributed by atoms with Crippen LogP contribution in [0.4, 0.5) is 0 Å². The van der Waals surface area contributed by atoms with Crippen molar-refractivity contribution in [1.29, 1.82) is 0 Å². The summed E-state index contributed by atoms with van der Waals surface area (Å²) in [5.41, 5.74) is 0.761. The average molecular weight is 274 g/mol. The van der Waals surface area contributed by atoms with Crippen LogP contribution in [0, 0.1) is 0 Å². The molecule has 90 valence electrons. The molecule has 0 saturated carbocycles. The Morgan fingerprint density at radius 1 is 1.29 bits per heavy atom. The molecule has 17 heavy (non-hydrogen) atoms. The molecule has 5 nitrogen and oxygen atoms in total. The average Bonchev–Trinajstić information content (AvgIpc) is 2.72. The Kier molecular flexibility index (Phi) is 3.96. The highest BCUT2D eigenvalue weighted by Crippen LogP contribution is 2.26. The molecule has 2 N–H and O–H groups in total. The van der Waals surface area contributed by atoms with E-state index < -0.39 is 0 Å². The van der Waals surface area contributed by atoms with Gasteiger partial charge in [-0.25, -0.2) is 5.90 Å². The fourth-order valence-corrected chi connectivity index (χ4v) is 1.88. The van der Waals surface area contributed by atoms with E-state index in [1.165, 1.54) is 0 Å². The van der Waals surface area contributed by atoms with Gasteiger partial charge in [-0.15, -0.1) is 0 Å². The van der Waals surface area contributed by atoms with E-state index in [1.807, 2.05) is 0 Å². The van der Waals surface area contributed by atoms with E-state index >= 15 is 0 Å². The van der Waals surface area contributed by atoms with E-state index in [1.54, 1.807) is 18.2 Å². The highest BCUT2D eigenvalue weighted by molar-refractivity contribution is 6.36. The lowest BCUT2D eigenvalue weighted by molar-refractivity contribution is 0.0995. The number of nitrogens with zero attached hydrogens (tertiary/aromatic N) is 2. The quantitative estimate of drug-likeness (QED) is 0.866. The summed E-state index contributed by atoms with van der Waals surface area (Å²) in [7, 11) is 0. The summed E-state index contributed by atoms with van der Waals surface area (Å²) in [4.78, 5) is 8.47. The Bertz CT molecular complexity index is 496. The van der Waals surface area contributed by atoms with Crippen molar-refractivity contribution < 1.29 is 9.36 Å². The summed E-state index contributed by atoms with van der Waals surface area (Å²) in [5, 5.41) is 4.91. The molecule has 0 aliphatic heterocycles. The third-order valence-electron chi connectivity index (χ3n) is 2.11. The van der Waals surface area contributed by atoms with Crippen LogP contribution >= 0.6 is 23.2 Å². The fourth-order valence-electron chi connectivity index (χ4n) is 1.35. The fraction of sp³-hybridized carbons (Fsp3) is 0.200. The van der Waals surface area contributed by atoms with Gasteiger partial charge >= 0.3 is 0 Å². The summed E-state index contributed by atoms with van der Waals surface area (Å²) in [6, 6.07) is 5.29. The second kappa shape index (κ2) is 5.46. The second-order valence-electron chi connectivity index (χ2n) is 3.29. The van der Waals surface area contributed by atoms with Gasteiger partial charge in [0, 0.05) is 16.5 Å². The van der Waals surface area contributed by atoms with Crippen molar-refractivity contribution in [3.8, 4) is 0 Å². The van der Waals surface area contributed by atoms with Crippen molar-refractivity contribution in [2.24, 2.45) is 5.90 Å². The van der Waals surface area contributed by atoms with Crippen molar-refractivity contribution in [2.75, 3.05) is 0 Å². The summed E-state index contributed by atoms with van der Waals surface area (Å²) in [6.45, 7) is 0.0727.